The van der Waals surface area contributed by atoms with Gasteiger partial charge in [0.1, 0.15) is 5.66 Å². The molecule has 1 aromatic carbocycles. The summed E-state index contributed by atoms with van der Waals surface area (Å²) >= 11 is 8.29. The van der Waals surface area contributed by atoms with Crippen molar-refractivity contribution in [1.29, 1.82) is 0 Å². The molecule has 2 aliphatic rings. The van der Waals surface area contributed by atoms with Gasteiger partial charge in [-0.25, -0.2) is 9.79 Å². The summed E-state index contributed by atoms with van der Waals surface area (Å²) in [5.41, 5.74) is 12.5. The monoisotopic (exact) mass is 475 g/mol. The van der Waals surface area contributed by atoms with Crippen LogP contribution in [0, 0.1) is 3.57 Å². The molecule has 3 rings (SSSR count). The standard InChI is InChI=1S/C16H19ClIN5O2/c1-25-13(24)10-7-9(17)8-11(18)12(10)23-15(20)21-14(19)22-16(23)5-3-2-4-6-16/h7-8H,2-6H2,1H3,(H4,19,20,21,22). The fourth-order valence-corrected chi connectivity index (χ4v) is 4.77. The highest BCUT2D eigenvalue weighted by Crippen LogP contribution is 2.43. The third kappa shape index (κ3) is 3.29. The molecule has 0 unspecified atom stereocenters. The van der Waals surface area contributed by atoms with E-state index in [-0.39, 0.29) is 11.9 Å². The number of hydrogen-bond acceptors (Lipinski definition) is 7. The minimum absolute atomic E-state index is 0.166. The predicted molar refractivity (Wildman–Crippen MR) is 107 cm³/mol. The van der Waals surface area contributed by atoms with Gasteiger partial charge in [0.15, 0.2) is 0 Å². The van der Waals surface area contributed by atoms with Crippen molar-refractivity contribution in [2.75, 3.05) is 12.0 Å². The van der Waals surface area contributed by atoms with Crippen LogP contribution >= 0.6 is 34.2 Å². The lowest BCUT2D eigenvalue weighted by Gasteiger charge is -2.46. The summed E-state index contributed by atoms with van der Waals surface area (Å²) in [6.07, 6.45) is 4.69. The molecule has 7 nitrogen and oxygen atoms in total. The number of anilines is 1. The summed E-state index contributed by atoms with van der Waals surface area (Å²) in [6.45, 7) is 0. The number of esters is 1. The van der Waals surface area contributed by atoms with Crippen LogP contribution in [-0.4, -0.2) is 30.7 Å². The Labute approximate surface area is 164 Å². The van der Waals surface area contributed by atoms with Crippen molar-refractivity contribution in [1.82, 2.24) is 0 Å². The molecule has 0 radical (unpaired) electrons. The number of rotatable bonds is 2. The molecule has 0 bridgehead atoms. The van der Waals surface area contributed by atoms with Crippen molar-refractivity contribution < 1.29 is 9.53 Å². The van der Waals surface area contributed by atoms with E-state index in [1.807, 2.05) is 4.90 Å². The summed E-state index contributed by atoms with van der Waals surface area (Å²) in [5, 5.41) is 0.446. The summed E-state index contributed by atoms with van der Waals surface area (Å²) in [4.78, 5) is 23.0. The third-order valence-electron chi connectivity index (χ3n) is 4.51. The number of nitrogens with zero attached hydrogens (tertiary/aromatic N) is 3. The molecule has 1 aromatic rings. The average molecular weight is 476 g/mol. The molecule has 9 heteroatoms. The Hall–Kier alpha value is -1.55. The van der Waals surface area contributed by atoms with Gasteiger partial charge >= 0.3 is 5.97 Å². The number of carbonyl (C=O) groups is 1. The maximum Gasteiger partial charge on any atom is 0.340 e. The van der Waals surface area contributed by atoms with Crippen LogP contribution in [0.2, 0.25) is 5.02 Å². The van der Waals surface area contributed by atoms with Crippen molar-refractivity contribution in [2.24, 2.45) is 21.5 Å². The molecular formula is C16H19ClIN5O2. The third-order valence-corrected chi connectivity index (χ3v) is 5.55. The van der Waals surface area contributed by atoms with Crippen LogP contribution in [0.15, 0.2) is 22.1 Å². The second-order valence-electron chi connectivity index (χ2n) is 6.09. The number of benzene rings is 1. The van der Waals surface area contributed by atoms with E-state index in [1.54, 1.807) is 12.1 Å². The Kier molecular flexibility index (Phi) is 5.10. The maximum absolute atomic E-state index is 12.4. The Morgan fingerprint density at radius 2 is 2.00 bits per heavy atom. The van der Waals surface area contributed by atoms with Crippen molar-refractivity contribution in [3.05, 3.63) is 26.3 Å². The number of nitrogens with two attached hydrogens (primary N) is 2. The van der Waals surface area contributed by atoms with Gasteiger partial charge in [-0.05, 0) is 60.4 Å². The smallest absolute Gasteiger partial charge is 0.340 e. The normalized spacial score (nSPS) is 19.4. The molecule has 1 spiro atoms. The Bertz CT molecular complexity index is 774. The molecule has 1 aliphatic heterocycles. The summed E-state index contributed by atoms with van der Waals surface area (Å²) in [6, 6.07) is 3.35. The highest BCUT2D eigenvalue weighted by atomic mass is 127. The van der Waals surface area contributed by atoms with Gasteiger partial charge in [-0.2, -0.15) is 4.99 Å². The number of guanidine groups is 2. The van der Waals surface area contributed by atoms with Gasteiger partial charge in [-0.3, -0.25) is 4.90 Å². The highest BCUT2D eigenvalue weighted by molar-refractivity contribution is 14.1. The lowest BCUT2D eigenvalue weighted by atomic mass is 9.87. The minimum atomic E-state index is -0.634. The molecule has 134 valence electrons. The first-order valence-corrected chi connectivity index (χ1v) is 9.41. The van der Waals surface area contributed by atoms with Crippen LogP contribution in [0.4, 0.5) is 5.69 Å². The maximum atomic E-state index is 12.4. The van der Waals surface area contributed by atoms with Gasteiger partial charge in [0, 0.05) is 8.59 Å². The number of hydrogen-bond donors (Lipinski definition) is 2. The van der Waals surface area contributed by atoms with Gasteiger partial charge in [0.2, 0.25) is 11.9 Å². The first-order valence-electron chi connectivity index (χ1n) is 7.95. The van der Waals surface area contributed by atoms with E-state index in [9.17, 15) is 4.79 Å². The molecule has 1 heterocycles. The molecule has 0 aromatic heterocycles. The van der Waals surface area contributed by atoms with Crippen molar-refractivity contribution in [3.63, 3.8) is 0 Å². The molecule has 25 heavy (non-hydrogen) atoms. The number of halogens is 2. The minimum Gasteiger partial charge on any atom is -0.465 e. The van der Waals surface area contributed by atoms with Crippen LogP contribution in [0.5, 0.6) is 0 Å². The molecule has 0 atom stereocenters. The first-order chi connectivity index (χ1) is 11.9. The van der Waals surface area contributed by atoms with E-state index in [1.165, 1.54) is 7.11 Å². The number of carbonyl (C=O) groups excluding carboxylic acids is 1. The summed E-state index contributed by atoms with van der Waals surface area (Å²) in [5.74, 6) is -0.101. The Balaban J connectivity index is 2.23. The topological polar surface area (TPSA) is 106 Å². The van der Waals surface area contributed by atoms with E-state index >= 15 is 0 Å². The van der Waals surface area contributed by atoms with Crippen molar-refractivity contribution >= 4 is 57.8 Å². The van der Waals surface area contributed by atoms with Crippen molar-refractivity contribution in [2.45, 2.75) is 37.8 Å². The van der Waals surface area contributed by atoms with E-state index in [2.05, 4.69) is 32.6 Å². The van der Waals surface area contributed by atoms with E-state index in [4.69, 9.17) is 27.8 Å². The van der Waals surface area contributed by atoms with Gasteiger partial charge < -0.3 is 16.2 Å². The number of methoxy groups -OCH3 is 1. The molecule has 1 fully saturated rings. The van der Waals surface area contributed by atoms with Gasteiger partial charge in [0.05, 0.1) is 18.4 Å². The zero-order valence-corrected chi connectivity index (χ0v) is 16.7. The fraction of sp³-hybridized carbons (Fsp3) is 0.438. The molecule has 4 N–H and O–H groups in total. The molecular weight excluding hydrogens is 457 g/mol. The Morgan fingerprint density at radius 1 is 1.32 bits per heavy atom. The number of ether oxygens (including phenoxy) is 1. The average Bonchev–Trinajstić information content (AvgIpc) is 2.55. The lowest BCUT2D eigenvalue weighted by Crippen LogP contribution is -2.59. The quantitative estimate of drug-likeness (QED) is 0.505. The molecule has 0 amide bonds. The van der Waals surface area contributed by atoms with Crippen molar-refractivity contribution in [3.8, 4) is 0 Å². The van der Waals surface area contributed by atoms with Crippen LogP contribution < -0.4 is 16.4 Å². The van der Waals surface area contributed by atoms with Crippen LogP contribution in [-0.2, 0) is 4.74 Å². The SMILES string of the molecule is COC(=O)c1cc(Cl)cc(I)c1N1C(N)=NC(N)=NC12CCCCC2. The molecule has 0 saturated heterocycles. The van der Waals surface area contributed by atoms with E-state index in [0.717, 1.165) is 35.7 Å². The summed E-state index contributed by atoms with van der Waals surface area (Å²) < 4.78 is 5.71. The van der Waals surface area contributed by atoms with Gasteiger partial charge in [-0.15, -0.1) is 0 Å². The zero-order chi connectivity index (χ0) is 18.2. The van der Waals surface area contributed by atoms with E-state index < -0.39 is 11.6 Å². The number of aliphatic imine (C=N–C) groups is 2. The Morgan fingerprint density at radius 3 is 2.64 bits per heavy atom. The lowest BCUT2D eigenvalue weighted by molar-refractivity contribution is 0.0601. The fourth-order valence-electron chi connectivity index (χ4n) is 3.50. The first kappa shape index (κ1) is 18.2. The van der Waals surface area contributed by atoms with Crippen LogP contribution in [0.3, 0.4) is 0 Å². The molecule has 1 saturated carbocycles. The highest BCUT2D eigenvalue weighted by Gasteiger charge is 2.44. The van der Waals surface area contributed by atoms with Gasteiger partial charge in [-0.1, -0.05) is 18.0 Å². The predicted octanol–water partition coefficient (Wildman–Crippen LogP) is 2.84. The van der Waals surface area contributed by atoms with E-state index in [0.29, 0.717) is 16.3 Å². The largest absolute Gasteiger partial charge is 0.465 e. The zero-order valence-electron chi connectivity index (χ0n) is 13.8. The van der Waals surface area contributed by atoms with Gasteiger partial charge in [0.25, 0.3) is 0 Å². The molecule has 1 aliphatic carbocycles. The summed E-state index contributed by atoms with van der Waals surface area (Å²) in [7, 11) is 1.33. The second-order valence-corrected chi connectivity index (χ2v) is 7.69. The van der Waals surface area contributed by atoms with Crippen LogP contribution in [0.25, 0.3) is 0 Å². The van der Waals surface area contributed by atoms with Crippen LogP contribution in [0.1, 0.15) is 42.5 Å². The second kappa shape index (κ2) is 6.99.